The van der Waals surface area contributed by atoms with Gasteiger partial charge in [-0.15, -0.1) is 0 Å². The average Bonchev–Trinajstić information content (AvgIpc) is 0.944. The average molecular weight is 1640 g/mol. The van der Waals surface area contributed by atoms with Crippen LogP contribution in [0.15, 0.2) is 0 Å². The molecule has 0 amide bonds. The van der Waals surface area contributed by atoms with Gasteiger partial charge in [0.2, 0.25) is 0 Å². The molecule has 0 saturated carbocycles. The molecule has 0 radical (unpaired) electrons. The lowest BCUT2D eigenvalue weighted by atomic mass is 9.72. The summed E-state index contributed by atoms with van der Waals surface area (Å²) in [6, 6.07) is 0. The molecule has 0 fully saturated rings. The van der Waals surface area contributed by atoms with Gasteiger partial charge in [-0.25, -0.2) is 16.8 Å². The van der Waals surface area contributed by atoms with E-state index in [0.717, 1.165) is 62.9 Å². The van der Waals surface area contributed by atoms with Crippen molar-refractivity contribution in [2.24, 2.45) is 75.9 Å². The molecule has 1 unspecified atom stereocenters. The van der Waals surface area contributed by atoms with Gasteiger partial charge in [-0.2, -0.15) is 23.5 Å². The molecule has 1 atom stereocenters. The van der Waals surface area contributed by atoms with Crippen LogP contribution in [0.4, 0.5) is 0 Å². The number of thioether (sulfide) groups is 2. The molecule has 0 heterocycles. The third kappa shape index (κ3) is 97.1. The Morgan fingerprint density at radius 1 is 0.330 bits per heavy atom. The van der Waals surface area contributed by atoms with E-state index < -0.39 is 41.3 Å². The zero-order valence-electron chi connectivity index (χ0n) is 83.3. The molecule has 0 aliphatic heterocycles. The second kappa shape index (κ2) is 69.0. The number of hydrogen-bond acceptors (Lipinski definition) is 11. The Balaban J connectivity index is -0.0000000911. The van der Waals surface area contributed by atoms with E-state index in [1.165, 1.54) is 12.8 Å². The van der Waals surface area contributed by atoms with Crippen molar-refractivity contribution in [3.63, 3.8) is 0 Å². The third-order valence-electron chi connectivity index (χ3n) is 17.8. The lowest BCUT2D eigenvalue weighted by Crippen LogP contribution is -2.33. The Morgan fingerprint density at radius 2 is 0.632 bits per heavy atom. The molecule has 9 nitrogen and oxygen atoms in total. The first-order valence-electron chi connectivity index (χ1n) is 42.1. The second-order valence-electron chi connectivity index (χ2n) is 39.5. The number of rotatable bonds is 30. The smallest absolute Gasteiger partial charge is 0.154 e. The molecule has 0 aromatic carbocycles. The molecule has 0 N–H and O–H groups in total. The van der Waals surface area contributed by atoms with Crippen LogP contribution in [-0.2, 0) is 55.5 Å². The van der Waals surface area contributed by atoms with Crippen molar-refractivity contribution in [3.8, 4) is 0 Å². The Labute approximate surface area is 688 Å². The van der Waals surface area contributed by atoms with Crippen molar-refractivity contribution < 1.29 is 39.5 Å². The lowest BCUT2D eigenvalue weighted by molar-refractivity contribution is -0.0838. The zero-order valence-corrected chi connectivity index (χ0v) is 88.2. The summed E-state index contributed by atoms with van der Waals surface area (Å²) in [5.74, 6) is 8.84. The van der Waals surface area contributed by atoms with Gasteiger partial charge in [-0.05, 0) is 229 Å². The maximum Gasteiger partial charge on any atom is 0.154 e. The number of sulfone groups is 2. The van der Waals surface area contributed by atoms with E-state index >= 15 is 0 Å². The van der Waals surface area contributed by atoms with Crippen LogP contribution in [0.5, 0.6) is 0 Å². The topological polar surface area (TPSA) is 130 Å². The van der Waals surface area contributed by atoms with Crippen molar-refractivity contribution >= 4 is 64.8 Å². The fraction of sp³-hybridized carbons (Fsp3) is 1.00. The standard InChI is InChI=1S/C10H22.2C9H20O.C9H20S.C9H20.C7H16O2S.C7H16OS.C7H16.C6H14O2S.C6H14OS.C6H14O.C6H14S/c1-8(2)7-10(5,6)9(3)4;3*1-7(2)9(5,6)10-8(3)4;1-7(2)9(5,6)8(3)4;1-6(2)5-10(8,9)7(3)4;1-6(2)5-9(8)7(3)4;1-6(2)5-7(3)4;1-5(2)9(7,8)6(3)4;1-5(2)8(7)6(3)4;2*1-5(2)7-6(3)4/h8-9H,7H2,1-6H3;3*7-8H,1-6H3;7-8H,1-6H3;6-7H,5H2,1-4H3;6-7H,5H2,1-4H3;6-7H,5H2,1-4H3;5-6H,1-4H3;5-6H,1-4H3;2*5-6H,1-4H3. The minimum atomic E-state index is -2.81. The summed E-state index contributed by atoms with van der Waals surface area (Å²) in [5.41, 5.74) is 1.07. The lowest BCUT2D eigenvalue weighted by Gasteiger charge is -2.33. The van der Waals surface area contributed by atoms with Gasteiger partial charge in [0, 0.05) is 47.8 Å². The van der Waals surface area contributed by atoms with Gasteiger partial charge < -0.3 is 14.2 Å². The first-order valence-corrected chi connectivity index (χ1v) is 49.9. The molecule has 0 aromatic heterocycles. The van der Waals surface area contributed by atoms with Crippen LogP contribution < -0.4 is 0 Å². The highest BCUT2D eigenvalue weighted by atomic mass is 32.2. The van der Waals surface area contributed by atoms with Crippen molar-refractivity contribution in [2.75, 3.05) is 11.5 Å². The molecule has 0 rings (SSSR count). The Kier molecular flexibility index (Phi) is 86.5. The van der Waals surface area contributed by atoms with E-state index in [0.29, 0.717) is 79.2 Å². The molecule has 106 heavy (non-hydrogen) atoms. The van der Waals surface area contributed by atoms with Crippen LogP contribution in [0.3, 0.4) is 0 Å². The maximum atomic E-state index is 11.1. The van der Waals surface area contributed by atoms with E-state index in [9.17, 15) is 25.3 Å². The van der Waals surface area contributed by atoms with E-state index in [2.05, 4.69) is 289 Å². The summed E-state index contributed by atoms with van der Waals surface area (Å²) in [7, 11) is -6.84. The van der Waals surface area contributed by atoms with Crippen LogP contribution in [0, 0.1) is 75.9 Å². The molecular formula is C91H206O9S6. The van der Waals surface area contributed by atoms with E-state index in [1.807, 2.05) is 94.8 Å². The highest BCUT2D eigenvalue weighted by molar-refractivity contribution is 8.01. The minimum Gasteiger partial charge on any atom is -0.376 e. The van der Waals surface area contributed by atoms with Crippen LogP contribution in [-0.4, -0.2) is 124 Å². The number of hydrogen-bond donors (Lipinski definition) is 0. The zero-order chi connectivity index (χ0) is 88.9. The molecule has 0 spiro atoms. The van der Waals surface area contributed by atoms with Crippen molar-refractivity contribution in [1.82, 2.24) is 0 Å². The summed E-state index contributed by atoms with van der Waals surface area (Å²) in [4.78, 5) is 0. The van der Waals surface area contributed by atoms with Crippen molar-refractivity contribution in [2.45, 2.75) is 502 Å². The summed E-state index contributed by atoms with van der Waals surface area (Å²) in [5, 5.41) is 2.58. The first kappa shape index (κ1) is 133. The van der Waals surface area contributed by atoms with Gasteiger partial charge in [0.1, 0.15) is 0 Å². The van der Waals surface area contributed by atoms with Crippen LogP contribution in [0.1, 0.15) is 414 Å². The molecule has 0 aliphatic carbocycles. The van der Waals surface area contributed by atoms with E-state index in [-0.39, 0.29) is 32.9 Å². The predicted octanol–water partition coefficient (Wildman–Crippen LogP) is 29.4. The molecule has 0 aliphatic rings. The third-order valence-corrected chi connectivity index (χ3v) is 29.6. The fourth-order valence-electron chi connectivity index (χ4n) is 8.48. The molecule has 15 heteroatoms. The van der Waals surface area contributed by atoms with Gasteiger partial charge in [-0.3, -0.25) is 8.42 Å². The Hall–Kier alpha value is 0.780. The van der Waals surface area contributed by atoms with Gasteiger partial charge in [0.25, 0.3) is 0 Å². The normalized spacial score (nSPS) is 12.8. The summed E-state index contributed by atoms with van der Waals surface area (Å²) in [6.07, 6.45) is 4.11. The monoisotopic (exact) mass is 1640 g/mol. The highest BCUT2D eigenvalue weighted by Crippen LogP contribution is 2.36. The van der Waals surface area contributed by atoms with Crippen LogP contribution >= 0.6 is 23.5 Å². The summed E-state index contributed by atoms with van der Waals surface area (Å²) < 4.78 is 83.4. The summed E-state index contributed by atoms with van der Waals surface area (Å²) in [6.45, 7) is 123. The molecule has 0 saturated heterocycles. The molecule has 0 aromatic rings. The number of ether oxygens (including phenoxy) is 3. The highest BCUT2D eigenvalue weighted by Gasteiger charge is 2.28. The van der Waals surface area contributed by atoms with Crippen LogP contribution in [0.25, 0.3) is 0 Å². The molecule has 660 valence electrons. The Morgan fingerprint density at radius 3 is 0.679 bits per heavy atom. The van der Waals surface area contributed by atoms with Gasteiger partial charge >= 0.3 is 0 Å². The van der Waals surface area contributed by atoms with Gasteiger partial charge in [0.05, 0.1) is 57.1 Å². The van der Waals surface area contributed by atoms with Crippen molar-refractivity contribution in [1.29, 1.82) is 0 Å². The second-order valence-corrected chi connectivity index (χ2v) is 54.1. The summed E-state index contributed by atoms with van der Waals surface area (Å²) >= 11 is 4.07. The quantitative estimate of drug-likeness (QED) is 0.0681. The van der Waals surface area contributed by atoms with Gasteiger partial charge in [0.15, 0.2) is 19.7 Å². The molecular weight excluding hydrogens is 1430 g/mol. The van der Waals surface area contributed by atoms with Crippen molar-refractivity contribution in [3.05, 3.63) is 0 Å². The Bertz CT molecular complexity index is 1980. The van der Waals surface area contributed by atoms with Gasteiger partial charge in [-0.1, -0.05) is 277 Å². The fourth-order valence-corrected chi connectivity index (χ4v) is 15.6. The largest absolute Gasteiger partial charge is 0.376 e. The molecule has 0 bridgehead atoms. The minimum absolute atomic E-state index is 0.0220. The maximum absolute atomic E-state index is 11.1. The van der Waals surface area contributed by atoms with E-state index in [1.54, 1.807) is 41.5 Å². The predicted molar refractivity (Wildman–Crippen MR) is 501 cm³/mol. The SMILES string of the molecule is CC(C)C(C)(C)C(C)C.CC(C)CC(C)(C)C(C)C.CC(C)CC(C)C.CC(C)CS(=O)(=O)C(C)C.CC(C)CS(=O)C(C)C.CC(C)OC(C)(C)C(C)C.CC(C)OC(C)(C)C(C)C.CC(C)OC(C)C.CC(C)S(=O)(=O)C(C)C.CC(C)S(=O)C(C)C.CC(C)SC(C)(C)C(C)C.CC(C)SC(C)C. The first-order chi connectivity index (χ1) is 46.5. The van der Waals surface area contributed by atoms with E-state index in [4.69, 9.17) is 14.2 Å². The van der Waals surface area contributed by atoms with Crippen LogP contribution in [0.2, 0.25) is 0 Å².